The predicted molar refractivity (Wildman–Crippen MR) is 106 cm³/mol. The molecule has 0 spiro atoms. The van der Waals surface area contributed by atoms with Gasteiger partial charge in [0, 0.05) is 17.5 Å². The number of benzene rings is 2. The Morgan fingerprint density at radius 3 is 2.56 bits per heavy atom. The van der Waals surface area contributed by atoms with Gasteiger partial charge in [0.2, 0.25) is 0 Å². The topological polar surface area (TPSA) is 62.9 Å². The summed E-state index contributed by atoms with van der Waals surface area (Å²) in [7, 11) is 0. The largest absolute Gasteiger partial charge is 0.492 e. The molecule has 3 N–H and O–H groups in total. The second kappa shape index (κ2) is 10.7. The highest BCUT2D eigenvalue weighted by Gasteiger charge is 2.05. The van der Waals surface area contributed by atoms with Crippen LogP contribution < -0.4 is 15.9 Å². The summed E-state index contributed by atoms with van der Waals surface area (Å²) in [4.78, 5) is 2.44. The fourth-order valence-corrected chi connectivity index (χ4v) is 2.94. The summed E-state index contributed by atoms with van der Waals surface area (Å²) in [5.74, 6) is 6.19. The first-order valence-corrected chi connectivity index (χ1v) is 9.11. The van der Waals surface area contributed by atoms with Crippen LogP contribution in [0.1, 0.15) is 25.8 Å². The van der Waals surface area contributed by atoms with E-state index in [0.717, 1.165) is 61.2 Å². The lowest BCUT2D eigenvalue weighted by molar-refractivity contribution is 0.290. The fraction of sp³-hybridized carbons (Fsp3) is 0.450. The summed E-state index contributed by atoms with van der Waals surface area (Å²) in [5, 5.41) is 9.27. The first-order valence-electron chi connectivity index (χ1n) is 9.11. The minimum Gasteiger partial charge on any atom is -0.492 e. The smallest absolute Gasteiger partial charge is 0.127 e. The second-order valence-electron chi connectivity index (χ2n) is 5.96. The maximum Gasteiger partial charge on any atom is 0.127 e. The number of nitrogens with two attached hydrogens (primary N) is 1. The minimum absolute atomic E-state index is 0.652. The number of rotatable bonds is 11. The van der Waals surface area contributed by atoms with Gasteiger partial charge in [-0.15, -0.1) is 0 Å². The molecule has 2 aromatic rings. The van der Waals surface area contributed by atoms with E-state index in [-0.39, 0.29) is 0 Å². The van der Waals surface area contributed by atoms with Crippen molar-refractivity contribution in [1.82, 2.24) is 10.2 Å². The molecule has 0 unspecified atom stereocenters. The molecule has 0 atom stereocenters. The summed E-state index contributed by atoms with van der Waals surface area (Å²) in [6.07, 6.45) is 2.83. The fourth-order valence-electron chi connectivity index (χ4n) is 2.94. The van der Waals surface area contributed by atoms with Crippen molar-refractivity contribution in [2.45, 2.75) is 20.3 Å². The molecule has 0 amide bonds. The first kappa shape index (κ1) is 19.2. The minimum atomic E-state index is 0.652. The molecule has 0 aliphatic heterocycles. The predicted octanol–water partition coefficient (Wildman–Crippen LogP) is 2.83. The van der Waals surface area contributed by atoms with Crippen molar-refractivity contribution >= 4 is 17.0 Å². The van der Waals surface area contributed by atoms with Gasteiger partial charge in [0.1, 0.15) is 12.4 Å². The van der Waals surface area contributed by atoms with Gasteiger partial charge in [-0.25, -0.2) is 0 Å². The van der Waals surface area contributed by atoms with Crippen LogP contribution in [0.5, 0.6) is 5.75 Å². The zero-order valence-electron chi connectivity index (χ0n) is 15.4. The Labute approximate surface area is 150 Å². The quantitative estimate of drug-likeness (QED) is 0.285. The molecule has 25 heavy (non-hydrogen) atoms. The average Bonchev–Trinajstić information content (AvgIpc) is 2.65. The normalized spacial score (nSPS) is 11.6. The molecule has 5 nitrogen and oxygen atoms in total. The van der Waals surface area contributed by atoms with E-state index in [0.29, 0.717) is 6.61 Å². The molecule has 0 saturated carbocycles. The zero-order chi connectivity index (χ0) is 17.9. The van der Waals surface area contributed by atoms with Crippen molar-refractivity contribution in [3.63, 3.8) is 0 Å². The molecule has 0 heterocycles. The molecule has 0 aliphatic carbocycles. The van der Waals surface area contributed by atoms with Crippen molar-refractivity contribution in [2.24, 2.45) is 10.9 Å². The van der Waals surface area contributed by atoms with Gasteiger partial charge in [-0.2, -0.15) is 5.10 Å². The van der Waals surface area contributed by atoms with Crippen LogP contribution in [0.15, 0.2) is 41.5 Å². The van der Waals surface area contributed by atoms with Gasteiger partial charge >= 0.3 is 0 Å². The summed E-state index contributed by atoms with van der Waals surface area (Å²) in [6, 6.07) is 12.1. The summed E-state index contributed by atoms with van der Waals surface area (Å²) in [6.45, 7) is 10.3. The van der Waals surface area contributed by atoms with Crippen LogP contribution in [0.25, 0.3) is 10.8 Å². The van der Waals surface area contributed by atoms with E-state index in [4.69, 9.17) is 10.6 Å². The third-order valence-corrected chi connectivity index (χ3v) is 4.39. The highest BCUT2D eigenvalue weighted by molar-refractivity contribution is 6.02. The van der Waals surface area contributed by atoms with Crippen LogP contribution >= 0.6 is 0 Å². The van der Waals surface area contributed by atoms with Crippen LogP contribution in [0.2, 0.25) is 0 Å². The summed E-state index contributed by atoms with van der Waals surface area (Å²) < 4.78 is 5.97. The molecule has 0 aromatic heterocycles. The van der Waals surface area contributed by atoms with Gasteiger partial charge in [-0.1, -0.05) is 38.1 Å². The van der Waals surface area contributed by atoms with Crippen molar-refractivity contribution in [3.05, 3.63) is 42.0 Å². The third kappa shape index (κ3) is 5.73. The van der Waals surface area contributed by atoms with Gasteiger partial charge in [0.15, 0.2) is 0 Å². The Bertz CT molecular complexity index is 668. The average molecular weight is 342 g/mol. The molecular formula is C20H30N4O. The monoisotopic (exact) mass is 342 g/mol. The van der Waals surface area contributed by atoms with Gasteiger partial charge in [-0.05, 0) is 50.1 Å². The lowest BCUT2D eigenvalue weighted by Crippen LogP contribution is -2.28. The molecule has 0 radical (unpaired) electrons. The molecule has 2 rings (SSSR count). The van der Waals surface area contributed by atoms with Gasteiger partial charge in [-0.3, -0.25) is 0 Å². The molecular weight excluding hydrogens is 312 g/mol. The van der Waals surface area contributed by atoms with Crippen molar-refractivity contribution in [3.8, 4) is 5.75 Å². The van der Waals surface area contributed by atoms with E-state index in [2.05, 4.69) is 41.3 Å². The molecule has 0 bridgehead atoms. The number of nitrogens with one attached hydrogen (secondary N) is 1. The van der Waals surface area contributed by atoms with Gasteiger partial charge in [0.25, 0.3) is 0 Å². The first-order chi connectivity index (χ1) is 12.3. The number of nitrogens with zero attached hydrogens (tertiary/aromatic N) is 2. The number of hydrazone groups is 1. The van der Waals surface area contributed by atoms with Crippen LogP contribution in [-0.2, 0) is 0 Å². The Morgan fingerprint density at radius 2 is 1.84 bits per heavy atom. The Kier molecular flexibility index (Phi) is 8.22. The number of hydrogen-bond acceptors (Lipinski definition) is 5. The lowest BCUT2D eigenvalue weighted by atomic mass is 10.0. The van der Waals surface area contributed by atoms with Crippen LogP contribution in [0.4, 0.5) is 0 Å². The Balaban J connectivity index is 1.81. The highest BCUT2D eigenvalue weighted by Crippen LogP contribution is 2.27. The summed E-state index contributed by atoms with van der Waals surface area (Å²) >= 11 is 0. The standard InChI is InChI=1S/C20H30N4O/c1-3-24(4-2)14-7-12-22-13-15-25-20-11-10-17(16-23-21)18-8-5-6-9-19(18)20/h5-6,8-11,16,22H,3-4,7,12-15,21H2,1-2H3. The number of fused-ring (bicyclic) bond motifs is 1. The Morgan fingerprint density at radius 1 is 1.08 bits per heavy atom. The van der Waals surface area contributed by atoms with Crippen LogP contribution in [-0.4, -0.2) is 50.4 Å². The molecule has 2 aromatic carbocycles. The molecule has 5 heteroatoms. The number of ether oxygens (including phenoxy) is 1. The van der Waals surface area contributed by atoms with Gasteiger partial charge < -0.3 is 20.8 Å². The highest BCUT2D eigenvalue weighted by atomic mass is 16.5. The maximum absolute atomic E-state index is 5.97. The second-order valence-corrected chi connectivity index (χ2v) is 5.96. The van der Waals surface area contributed by atoms with Crippen molar-refractivity contribution < 1.29 is 4.74 Å². The third-order valence-electron chi connectivity index (χ3n) is 4.39. The van der Waals surface area contributed by atoms with E-state index in [1.54, 1.807) is 6.21 Å². The molecule has 0 saturated heterocycles. The van der Waals surface area contributed by atoms with E-state index in [9.17, 15) is 0 Å². The van der Waals surface area contributed by atoms with E-state index >= 15 is 0 Å². The summed E-state index contributed by atoms with van der Waals surface area (Å²) in [5.41, 5.74) is 1.000. The lowest BCUT2D eigenvalue weighted by Gasteiger charge is -2.17. The Hall–Kier alpha value is -2.11. The maximum atomic E-state index is 5.97. The van der Waals surface area contributed by atoms with Crippen molar-refractivity contribution in [2.75, 3.05) is 39.3 Å². The zero-order valence-corrected chi connectivity index (χ0v) is 15.4. The van der Waals surface area contributed by atoms with Crippen LogP contribution in [0, 0.1) is 0 Å². The molecule has 136 valence electrons. The number of hydrogen-bond donors (Lipinski definition) is 2. The van der Waals surface area contributed by atoms with E-state index in [1.807, 2.05) is 24.3 Å². The molecule has 0 fully saturated rings. The van der Waals surface area contributed by atoms with Gasteiger partial charge in [0.05, 0.1) is 6.21 Å². The van der Waals surface area contributed by atoms with Crippen molar-refractivity contribution in [1.29, 1.82) is 0 Å². The molecule has 0 aliphatic rings. The van der Waals surface area contributed by atoms with Crippen LogP contribution in [0.3, 0.4) is 0 Å². The van der Waals surface area contributed by atoms with E-state index < -0.39 is 0 Å². The SMILES string of the molecule is CCN(CC)CCCNCCOc1ccc(C=NN)c2ccccc12. The van der Waals surface area contributed by atoms with E-state index in [1.165, 1.54) is 0 Å².